The van der Waals surface area contributed by atoms with Crippen LogP contribution in [0.1, 0.15) is 28.8 Å². The number of benzene rings is 2. The van der Waals surface area contributed by atoms with E-state index < -0.39 is 0 Å². The minimum atomic E-state index is -0.389. The number of aryl methyl sites for hydroxylation is 1. The average molecular weight is 386 g/mol. The summed E-state index contributed by atoms with van der Waals surface area (Å²) < 4.78 is 0. The molecule has 6 nitrogen and oxygen atoms in total. The molecule has 0 fully saturated rings. The number of carbonyl (C=O) groups excluding carboxylic acids is 1. The number of nitriles is 1. The number of pyridine rings is 1. The summed E-state index contributed by atoms with van der Waals surface area (Å²) >= 11 is 0. The van der Waals surface area contributed by atoms with Gasteiger partial charge in [0.2, 0.25) is 5.91 Å². The number of para-hydroxylation sites is 1. The number of hydrogen-bond acceptors (Lipinski definition) is 4. The first kappa shape index (κ1) is 19.9. The van der Waals surface area contributed by atoms with Crippen LogP contribution in [0.2, 0.25) is 0 Å². The Morgan fingerprint density at radius 3 is 2.28 bits per heavy atom. The first-order valence-corrected chi connectivity index (χ1v) is 9.32. The zero-order valence-corrected chi connectivity index (χ0v) is 16.4. The topological polar surface area (TPSA) is 97.8 Å². The van der Waals surface area contributed by atoms with Crippen molar-refractivity contribution >= 4 is 23.0 Å². The third kappa shape index (κ3) is 4.90. The third-order valence-corrected chi connectivity index (χ3v) is 4.75. The summed E-state index contributed by atoms with van der Waals surface area (Å²) in [6.45, 7) is 3.52. The second-order valence-corrected chi connectivity index (χ2v) is 6.79. The first-order chi connectivity index (χ1) is 14.0. The Morgan fingerprint density at radius 1 is 1.00 bits per heavy atom. The molecule has 0 bridgehead atoms. The van der Waals surface area contributed by atoms with Crippen molar-refractivity contribution in [3.63, 3.8) is 0 Å². The van der Waals surface area contributed by atoms with E-state index in [1.807, 2.05) is 60.7 Å². The fourth-order valence-electron chi connectivity index (χ4n) is 3.21. The van der Waals surface area contributed by atoms with Gasteiger partial charge in [0.15, 0.2) is 0 Å². The van der Waals surface area contributed by atoms with E-state index in [9.17, 15) is 9.59 Å². The number of rotatable bonds is 6. The third-order valence-electron chi connectivity index (χ3n) is 4.75. The van der Waals surface area contributed by atoms with Crippen molar-refractivity contribution in [1.82, 2.24) is 4.98 Å². The Kier molecular flexibility index (Phi) is 6.10. The van der Waals surface area contributed by atoms with Gasteiger partial charge >= 0.3 is 0 Å². The Bertz CT molecular complexity index is 1110. The highest BCUT2D eigenvalue weighted by molar-refractivity contribution is 5.91. The van der Waals surface area contributed by atoms with Crippen LogP contribution in [-0.4, -0.2) is 10.9 Å². The molecule has 3 aromatic rings. The normalized spacial score (nSPS) is 10.2. The predicted molar refractivity (Wildman–Crippen MR) is 114 cm³/mol. The summed E-state index contributed by atoms with van der Waals surface area (Å²) in [4.78, 5) is 26.8. The number of H-pyrrole nitrogens is 1. The molecular formula is C23H22N4O2. The smallest absolute Gasteiger partial charge is 0.266 e. The van der Waals surface area contributed by atoms with Crippen LogP contribution in [0.5, 0.6) is 0 Å². The Hall–Kier alpha value is -3.85. The minimum Gasteiger partial charge on any atom is -0.356 e. The summed E-state index contributed by atoms with van der Waals surface area (Å²) in [5, 5.41) is 15.3. The maximum absolute atomic E-state index is 12.3. The van der Waals surface area contributed by atoms with Crippen molar-refractivity contribution in [3.05, 3.63) is 87.3 Å². The number of carbonyl (C=O) groups is 1. The molecule has 0 radical (unpaired) electrons. The number of amides is 1. The molecule has 0 spiro atoms. The molecule has 0 unspecified atom stereocenters. The van der Waals surface area contributed by atoms with Gasteiger partial charge < -0.3 is 15.6 Å². The Balaban J connectivity index is 1.60. The molecule has 146 valence electrons. The molecule has 1 amide bonds. The lowest BCUT2D eigenvalue weighted by Gasteiger charge is -2.11. The van der Waals surface area contributed by atoms with Gasteiger partial charge in [0, 0.05) is 29.2 Å². The fourth-order valence-corrected chi connectivity index (χ4v) is 3.21. The summed E-state index contributed by atoms with van der Waals surface area (Å²) in [6.07, 6.45) is 0.700. The van der Waals surface area contributed by atoms with Crippen LogP contribution >= 0.6 is 0 Å². The van der Waals surface area contributed by atoms with Gasteiger partial charge in [-0.15, -0.1) is 0 Å². The molecule has 3 rings (SSSR count). The zero-order valence-electron chi connectivity index (χ0n) is 16.4. The fraction of sp³-hybridized carbons (Fsp3) is 0.174. The van der Waals surface area contributed by atoms with Gasteiger partial charge in [-0.25, -0.2) is 0 Å². The standard InChI is InChI=1S/C23H22N4O2/c1-15-20(16(2)25-23(29)21(15)14-24)12-13-22(28)27-19-10-8-18(9-11-19)26-17-6-4-3-5-7-17/h3-11,26H,12-13H2,1-2H3,(H,25,29)(H,27,28). The van der Waals surface area contributed by atoms with Gasteiger partial charge in [0.1, 0.15) is 11.6 Å². The van der Waals surface area contributed by atoms with Crippen molar-refractivity contribution in [2.24, 2.45) is 0 Å². The highest BCUT2D eigenvalue weighted by Crippen LogP contribution is 2.19. The van der Waals surface area contributed by atoms with Crippen LogP contribution in [0.25, 0.3) is 0 Å². The molecule has 6 heteroatoms. The SMILES string of the molecule is Cc1[nH]c(=O)c(C#N)c(C)c1CCC(=O)Nc1ccc(Nc2ccccc2)cc1. The van der Waals surface area contributed by atoms with Crippen LogP contribution in [0.15, 0.2) is 59.4 Å². The number of aromatic nitrogens is 1. The molecule has 0 atom stereocenters. The highest BCUT2D eigenvalue weighted by Gasteiger charge is 2.13. The van der Waals surface area contributed by atoms with Gasteiger partial charge in [0.05, 0.1) is 0 Å². The van der Waals surface area contributed by atoms with Crippen molar-refractivity contribution in [3.8, 4) is 6.07 Å². The number of nitrogens with one attached hydrogen (secondary N) is 3. The van der Waals surface area contributed by atoms with E-state index in [2.05, 4.69) is 15.6 Å². The molecule has 3 N–H and O–H groups in total. The van der Waals surface area contributed by atoms with Gasteiger partial charge in [-0.3, -0.25) is 9.59 Å². The Morgan fingerprint density at radius 2 is 1.62 bits per heavy atom. The Labute approximate surface area is 169 Å². The monoisotopic (exact) mass is 386 g/mol. The van der Waals surface area contributed by atoms with Crippen LogP contribution in [0.3, 0.4) is 0 Å². The minimum absolute atomic E-state index is 0.104. The van der Waals surface area contributed by atoms with Crippen molar-refractivity contribution in [2.45, 2.75) is 26.7 Å². The number of anilines is 3. The molecule has 1 aromatic heterocycles. The maximum atomic E-state index is 12.3. The number of nitrogens with zero attached hydrogens (tertiary/aromatic N) is 1. The highest BCUT2D eigenvalue weighted by atomic mass is 16.1. The molecule has 0 saturated carbocycles. The molecule has 0 aliphatic rings. The molecule has 0 saturated heterocycles. The lowest BCUT2D eigenvalue weighted by atomic mass is 9.99. The summed E-state index contributed by atoms with van der Waals surface area (Å²) in [5.41, 5.74) is 4.51. The van der Waals surface area contributed by atoms with Crippen molar-refractivity contribution in [2.75, 3.05) is 10.6 Å². The van der Waals surface area contributed by atoms with Gasteiger partial charge in [0.25, 0.3) is 5.56 Å². The molecular weight excluding hydrogens is 364 g/mol. The largest absolute Gasteiger partial charge is 0.356 e. The van der Waals surface area contributed by atoms with Crippen molar-refractivity contribution < 1.29 is 4.79 Å². The molecule has 0 aliphatic heterocycles. The molecule has 29 heavy (non-hydrogen) atoms. The molecule has 1 heterocycles. The van der Waals surface area contributed by atoms with E-state index in [1.165, 1.54) is 0 Å². The molecule has 0 aliphatic carbocycles. The van der Waals surface area contributed by atoms with Gasteiger partial charge in [-0.1, -0.05) is 18.2 Å². The van der Waals surface area contributed by atoms with E-state index in [4.69, 9.17) is 5.26 Å². The van der Waals surface area contributed by atoms with Crippen LogP contribution in [0, 0.1) is 25.2 Å². The number of aromatic amines is 1. The molecule has 2 aromatic carbocycles. The van der Waals surface area contributed by atoms with Crippen LogP contribution < -0.4 is 16.2 Å². The van der Waals surface area contributed by atoms with Gasteiger partial charge in [-0.05, 0) is 67.8 Å². The summed E-state index contributed by atoms with van der Waals surface area (Å²) in [5.74, 6) is -0.128. The second-order valence-electron chi connectivity index (χ2n) is 6.79. The van der Waals surface area contributed by atoms with Crippen LogP contribution in [-0.2, 0) is 11.2 Å². The lowest BCUT2D eigenvalue weighted by molar-refractivity contribution is -0.116. The first-order valence-electron chi connectivity index (χ1n) is 9.32. The maximum Gasteiger partial charge on any atom is 0.266 e. The van der Waals surface area contributed by atoms with Gasteiger partial charge in [-0.2, -0.15) is 5.26 Å². The van der Waals surface area contributed by atoms with Crippen molar-refractivity contribution in [1.29, 1.82) is 5.26 Å². The average Bonchev–Trinajstić information content (AvgIpc) is 2.70. The summed E-state index contributed by atoms with van der Waals surface area (Å²) in [7, 11) is 0. The number of hydrogen-bond donors (Lipinski definition) is 3. The summed E-state index contributed by atoms with van der Waals surface area (Å²) in [6, 6.07) is 19.3. The van der Waals surface area contributed by atoms with E-state index >= 15 is 0 Å². The van der Waals surface area contributed by atoms with Crippen LogP contribution in [0.4, 0.5) is 17.1 Å². The second kappa shape index (κ2) is 8.89. The zero-order chi connectivity index (χ0) is 20.8. The lowest BCUT2D eigenvalue weighted by Crippen LogP contribution is -2.18. The quantitative estimate of drug-likeness (QED) is 0.592. The van der Waals surface area contributed by atoms with E-state index in [0.717, 1.165) is 16.9 Å². The van der Waals surface area contributed by atoms with E-state index in [0.29, 0.717) is 23.4 Å². The predicted octanol–water partition coefficient (Wildman–Crippen LogP) is 4.18. The van der Waals surface area contributed by atoms with E-state index in [1.54, 1.807) is 13.8 Å². The van der Waals surface area contributed by atoms with E-state index in [-0.39, 0.29) is 23.5 Å².